The van der Waals surface area contributed by atoms with E-state index in [-0.39, 0.29) is 22.4 Å². The zero-order chi connectivity index (χ0) is 21.0. The van der Waals surface area contributed by atoms with E-state index in [9.17, 15) is 13.2 Å². The Bertz CT molecular complexity index is 1110. The van der Waals surface area contributed by atoms with Gasteiger partial charge in [0, 0.05) is 11.3 Å². The van der Waals surface area contributed by atoms with Gasteiger partial charge in [-0.05, 0) is 56.7 Å². The summed E-state index contributed by atoms with van der Waals surface area (Å²) in [4.78, 5) is 12.7. The van der Waals surface area contributed by atoms with Gasteiger partial charge < -0.3 is 5.32 Å². The van der Waals surface area contributed by atoms with Gasteiger partial charge in [0.05, 0.1) is 10.9 Å². The smallest absolute Gasteiger partial charge is 0.261 e. The molecule has 0 radical (unpaired) electrons. The third kappa shape index (κ3) is 5.23. The van der Waals surface area contributed by atoms with Crippen LogP contribution in [0.25, 0.3) is 0 Å². The molecule has 1 amide bonds. The molecule has 29 heavy (non-hydrogen) atoms. The standard InChI is InChI=1S/C23H24N2O3S/c1-16-7-11-19(12-8-16)18(3)24-23(26)20-5-4-6-22(15-20)29(27,28)25-21-13-9-17(2)10-14-21/h4-15,18,25H,1-3H3,(H,24,26). The number of sulfonamides is 1. The van der Waals surface area contributed by atoms with Crippen molar-refractivity contribution in [2.24, 2.45) is 0 Å². The molecule has 0 aliphatic carbocycles. The molecule has 5 nitrogen and oxygen atoms in total. The number of benzene rings is 3. The summed E-state index contributed by atoms with van der Waals surface area (Å²) in [6.45, 7) is 5.82. The van der Waals surface area contributed by atoms with Gasteiger partial charge in [-0.25, -0.2) is 8.42 Å². The first-order chi connectivity index (χ1) is 13.7. The van der Waals surface area contributed by atoms with E-state index >= 15 is 0 Å². The molecule has 0 fully saturated rings. The Morgan fingerprint density at radius 2 is 1.45 bits per heavy atom. The predicted molar refractivity (Wildman–Crippen MR) is 115 cm³/mol. The summed E-state index contributed by atoms with van der Waals surface area (Å²) in [7, 11) is -3.80. The zero-order valence-electron chi connectivity index (χ0n) is 16.6. The Hall–Kier alpha value is -3.12. The Labute approximate surface area is 171 Å². The van der Waals surface area contributed by atoms with Gasteiger partial charge in [0.15, 0.2) is 0 Å². The van der Waals surface area contributed by atoms with E-state index in [0.717, 1.165) is 16.7 Å². The highest BCUT2D eigenvalue weighted by molar-refractivity contribution is 7.92. The second kappa shape index (κ2) is 8.49. The van der Waals surface area contributed by atoms with Crippen LogP contribution >= 0.6 is 0 Å². The van der Waals surface area contributed by atoms with Crippen LogP contribution in [0.4, 0.5) is 5.69 Å². The lowest BCUT2D eigenvalue weighted by Gasteiger charge is -2.15. The highest BCUT2D eigenvalue weighted by atomic mass is 32.2. The molecule has 6 heteroatoms. The van der Waals surface area contributed by atoms with Gasteiger partial charge in [-0.2, -0.15) is 0 Å². The molecular formula is C23H24N2O3S. The van der Waals surface area contributed by atoms with Crippen molar-refractivity contribution in [2.75, 3.05) is 4.72 Å². The molecule has 3 aromatic carbocycles. The lowest BCUT2D eigenvalue weighted by Crippen LogP contribution is -2.27. The molecule has 0 aliphatic heterocycles. The number of anilines is 1. The Balaban J connectivity index is 1.76. The maximum atomic E-state index is 12.7. The summed E-state index contributed by atoms with van der Waals surface area (Å²) >= 11 is 0. The first-order valence-corrected chi connectivity index (χ1v) is 10.8. The van der Waals surface area contributed by atoms with Crippen LogP contribution in [0.1, 0.15) is 40.0 Å². The van der Waals surface area contributed by atoms with Gasteiger partial charge in [-0.15, -0.1) is 0 Å². The maximum Gasteiger partial charge on any atom is 0.261 e. The van der Waals surface area contributed by atoms with E-state index < -0.39 is 10.0 Å². The van der Waals surface area contributed by atoms with Crippen molar-refractivity contribution in [3.8, 4) is 0 Å². The van der Waals surface area contributed by atoms with Crippen molar-refractivity contribution in [2.45, 2.75) is 31.7 Å². The summed E-state index contributed by atoms with van der Waals surface area (Å²) in [5.41, 5.74) is 3.92. The van der Waals surface area contributed by atoms with E-state index in [1.807, 2.05) is 57.2 Å². The highest BCUT2D eigenvalue weighted by Gasteiger charge is 2.18. The molecular weight excluding hydrogens is 384 g/mol. The molecule has 0 aliphatic rings. The number of hydrogen-bond donors (Lipinski definition) is 2. The van der Waals surface area contributed by atoms with Crippen LogP contribution in [0.5, 0.6) is 0 Å². The first-order valence-electron chi connectivity index (χ1n) is 9.31. The number of hydrogen-bond acceptors (Lipinski definition) is 3. The molecule has 3 aromatic rings. The van der Waals surface area contributed by atoms with E-state index in [1.165, 1.54) is 12.1 Å². The molecule has 0 bridgehead atoms. The van der Waals surface area contributed by atoms with Gasteiger partial charge in [0.2, 0.25) is 0 Å². The molecule has 1 atom stereocenters. The monoisotopic (exact) mass is 408 g/mol. The van der Waals surface area contributed by atoms with Crippen LogP contribution in [-0.4, -0.2) is 14.3 Å². The van der Waals surface area contributed by atoms with Gasteiger partial charge in [0.25, 0.3) is 15.9 Å². The van der Waals surface area contributed by atoms with Crippen molar-refractivity contribution in [1.82, 2.24) is 5.32 Å². The molecule has 0 heterocycles. The Kier molecular flexibility index (Phi) is 6.03. The van der Waals surface area contributed by atoms with Crippen molar-refractivity contribution in [3.05, 3.63) is 95.1 Å². The minimum atomic E-state index is -3.80. The molecule has 150 valence electrons. The summed E-state index contributed by atoms with van der Waals surface area (Å²) in [5.74, 6) is -0.328. The van der Waals surface area contributed by atoms with Crippen molar-refractivity contribution >= 4 is 21.6 Å². The summed E-state index contributed by atoms with van der Waals surface area (Å²) < 4.78 is 27.9. The second-order valence-corrected chi connectivity index (χ2v) is 8.79. The number of amides is 1. The molecule has 0 saturated heterocycles. The van der Waals surface area contributed by atoms with Crippen LogP contribution in [-0.2, 0) is 10.0 Å². The topological polar surface area (TPSA) is 75.3 Å². The molecule has 0 saturated carbocycles. The lowest BCUT2D eigenvalue weighted by atomic mass is 10.1. The largest absolute Gasteiger partial charge is 0.346 e. The number of rotatable bonds is 6. The lowest BCUT2D eigenvalue weighted by molar-refractivity contribution is 0.0939. The normalized spacial score (nSPS) is 12.2. The molecule has 3 rings (SSSR count). The first kappa shape index (κ1) is 20.6. The number of carbonyl (C=O) groups is 1. The Morgan fingerprint density at radius 3 is 2.07 bits per heavy atom. The molecule has 2 N–H and O–H groups in total. The number of carbonyl (C=O) groups excluding carboxylic acids is 1. The van der Waals surface area contributed by atoms with Crippen molar-refractivity contribution in [3.63, 3.8) is 0 Å². The van der Waals surface area contributed by atoms with E-state index in [2.05, 4.69) is 10.0 Å². The maximum absolute atomic E-state index is 12.7. The van der Waals surface area contributed by atoms with Crippen molar-refractivity contribution in [1.29, 1.82) is 0 Å². The van der Waals surface area contributed by atoms with E-state index in [0.29, 0.717) is 5.69 Å². The summed E-state index contributed by atoms with van der Waals surface area (Å²) in [6, 6.07) is 20.8. The number of aryl methyl sites for hydroxylation is 2. The molecule has 1 unspecified atom stereocenters. The van der Waals surface area contributed by atoms with E-state index in [1.54, 1.807) is 24.3 Å². The van der Waals surface area contributed by atoms with Gasteiger partial charge >= 0.3 is 0 Å². The van der Waals surface area contributed by atoms with Crippen LogP contribution in [0, 0.1) is 13.8 Å². The minimum Gasteiger partial charge on any atom is -0.346 e. The number of nitrogens with one attached hydrogen (secondary N) is 2. The van der Waals surface area contributed by atoms with Crippen molar-refractivity contribution < 1.29 is 13.2 Å². The van der Waals surface area contributed by atoms with Crippen LogP contribution in [0.3, 0.4) is 0 Å². The molecule has 0 aromatic heterocycles. The van der Waals surface area contributed by atoms with Gasteiger partial charge in [-0.1, -0.05) is 53.6 Å². The average Bonchev–Trinajstić information content (AvgIpc) is 2.70. The zero-order valence-corrected chi connectivity index (χ0v) is 17.5. The minimum absolute atomic E-state index is 0.0358. The van der Waals surface area contributed by atoms with E-state index in [4.69, 9.17) is 0 Å². The van der Waals surface area contributed by atoms with Crippen LogP contribution < -0.4 is 10.0 Å². The van der Waals surface area contributed by atoms with Gasteiger partial charge in [0.1, 0.15) is 0 Å². The second-order valence-electron chi connectivity index (χ2n) is 7.11. The third-order valence-corrected chi connectivity index (χ3v) is 6.01. The predicted octanol–water partition coefficient (Wildman–Crippen LogP) is 4.60. The average molecular weight is 409 g/mol. The fourth-order valence-electron chi connectivity index (χ4n) is 2.86. The van der Waals surface area contributed by atoms with Gasteiger partial charge in [-0.3, -0.25) is 9.52 Å². The SMILES string of the molecule is Cc1ccc(NS(=O)(=O)c2cccc(C(=O)NC(C)c3ccc(C)cc3)c2)cc1. The summed E-state index contributed by atoms with van der Waals surface area (Å²) in [5, 5.41) is 2.91. The fraction of sp³-hybridized carbons (Fsp3) is 0.174. The highest BCUT2D eigenvalue weighted by Crippen LogP contribution is 2.19. The van der Waals surface area contributed by atoms with Crippen LogP contribution in [0.2, 0.25) is 0 Å². The quantitative estimate of drug-likeness (QED) is 0.626. The Morgan fingerprint density at radius 1 is 0.862 bits per heavy atom. The fourth-order valence-corrected chi connectivity index (χ4v) is 3.96. The molecule has 0 spiro atoms. The summed E-state index contributed by atoms with van der Waals surface area (Å²) in [6.07, 6.45) is 0. The third-order valence-electron chi connectivity index (χ3n) is 4.64. The van der Waals surface area contributed by atoms with Crippen LogP contribution in [0.15, 0.2) is 77.7 Å².